The first-order valence-electron chi connectivity index (χ1n) is 8.47. The molecule has 25 heavy (non-hydrogen) atoms. The van der Waals surface area contributed by atoms with E-state index < -0.39 is 11.8 Å². The lowest BCUT2D eigenvalue weighted by molar-refractivity contribution is -0.136. The molecule has 5 heteroatoms. The number of aryl methyl sites for hydroxylation is 1. The second kappa shape index (κ2) is 8.87. The molecule has 0 radical (unpaired) electrons. The van der Waals surface area contributed by atoms with Crippen molar-refractivity contribution < 1.29 is 14.3 Å². The summed E-state index contributed by atoms with van der Waals surface area (Å²) in [5.74, 6) is -0.642. The highest BCUT2D eigenvalue weighted by atomic mass is 16.5. The smallest absolute Gasteiger partial charge is 0.313 e. The van der Waals surface area contributed by atoms with E-state index in [9.17, 15) is 9.59 Å². The van der Waals surface area contributed by atoms with Gasteiger partial charge in [0.2, 0.25) is 0 Å². The minimum atomic E-state index is -0.693. The van der Waals surface area contributed by atoms with Gasteiger partial charge in [0.1, 0.15) is 5.75 Å². The fourth-order valence-electron chi connectivity index (χ4n) is 2.38. The first kappa shape index (κ1) is 18.5. The van der Waals surface area contributed by atoms with Crippen LogP contribution in [-0.2, 0) is 16.0 Å². The van der Waals surface area contributed by atoms with Crippen molar-refractivity contribution in [1.82, 2.24) is 5.32 Å². The average Bonchev–Trinajstić information content (AvgIpc) is 2.63. The number of ether oxygens (including phenoxy) is 1. The van der Waals surface area contributed by atoms with Crippen molar-refractivity contribution >= 4 is 17.5 Å². The summed E-state index contributed by atoms with van der Waals surface area (Å²) in [6.07, 6.45) is 0.964. The number of amides is 2. The van der Waals surface area contributed by atoms with Gasteiger partial charge in [-0.25, -0.2) is 0 Å². The SMILES string of the molecule is CCOc1ccc(NC(=O)C(=O)NC(C)c2ccc(CC)cc2)cc1. The van der Waals surface area contributed by atoms with E-state index in [0.29, 0.717) is 18.0 Å². The van der Waals surface area contributed by atoms with Crippen LogP contribution >= 0.6 is 0 Å². The average molecular weight is 340 g/mol. The number of hydrogen-bond donors (Lipinski definition) is 2. The zero-order chi connectivity index (χ0) is 18.2. The fourth-order valence-corrected chi connectivity index (χ4v) is 2.38. The Morgan fingerprint density at radius 1 is 0.960 bits per heavy atom. The number of hydrogen-bond acceptors (Lipinski definition) is 3. The van der Waals surface area contributed by atoms with Gasteiger partial charge in [0.05, 0.1) is 12.6 Å². The first-order valence-corrected chi connectivity index (χ1v) is 8.47. The summed E-state index contributed by atoms with van der Waals surface area (Å²) >= 11 is 0. The van der Waals surface area contributed by atoms with Crippen LogP contribution in [0.15, 0.2) is 48.5 Å². The molecule has 0 bridgehead atoms. The normalized spacial score (nSPS) is 11.5. The molecule has 0 aliphatic carbocycles. The quantitative estimate of drug-likeness (QED) is 0.791. The Bertz CT molecular complexity index is 709. The van der Waals surface area contributed by atoms with Crippen LogP contribution in [-0.4, -0.2) is 18.4 Å². The van der Waals surface area contributed by atoms with E-state index in [0.717, 1.165) is 12.0 Å². The minimum absolute atomic E-state index is 0.246. The van der Waals surface area contributed by atoms with Gasteiger partial charge in [-0.3, -0.25) is 9.59 Å². The van der Waals surface area contributed by atoms with Crippen LogP contribution in [0.5, 0.6) is 5.75 Å². The lowest BCUT2D eigenvalue weighted by atomic mass is 10.1. The second-order valence-corrected chi connectivity index (χ2v) is 5.70. The van der Waals surface area contributed by atoms with Crippen LogP contribution in [0.2, 0.25) is 0 Å². The Morgan fingerprint density at radius 2 is 1.60 bits per heavy atom. The summed E-state index contributed by atoms with van der Waals surface area (Å²) in [5.41, 5.74) is 2.73. The van der Waals surface area contributed by atoms with Gasteiger partial charge in [-0.15, -0.1) is 0 Å². The summed E-state index contributed by atoms with van der Waals surface area (Å²) in [6.45, 7) is 6.41. The van der Waals surface area contributed by atoms with E-state index in [4.69, 9.17) is 4.74 Å². The third-order valence-corrected chi connectivity index (χ3v) is 3.86. The van der Waals surface area contributed by atoms with Crippen molar-refractivity contribution in [3.63, 3.8) is 0 Å². The highest BCUT2D eigenvalue weighted by Crippen LogP contribution is 2.16. The van der Waals surface area contributed by atoms with Crippen LogP contribution in [0.3, 0.4) is 0 Å². The third kappa shape index (κ3) is 5.35. The van der Waals surface area contributed by atoms with Crippen LogP contribution in [0, 0.1) is 0 Å². The maximum atomic E-state index is 12.1. The van der Waals surface area contributed by atoms with E-state index >= 15 is 0 Å². The van der Waals surface area contributed by atoms with Gasteiger partial charge < -0.3 is 15.4 Å². The number of carbonyl (C=O) groups excluding carboxylic acids is 2. The summed E-state index contributed by atoms with van der Waals surface area (Å²) in [5, 5.41) is 5.29. The van der Waals surface area contributed by atoms with E-state index in [1.165, 1.54) is 5.56 Å². The monoisotopic (exact) mass is 340 g/mol. The molecule has 0 spiro atoms. The summed E-state index contributed by atoms with van der Waals surface area (Å²) in [4.78, 5) is 24.1. The molecule has 0 saturated heterocycles. The number of benzene rings is 2. The number of anilines is 1. The molecule has 2 aromatic carbocycles. The highest BCUT2D eigenvalue weighted by Gasteiger charge is 2.17. The molecule has 2 N–H and O–H groups in total. The van der Waals surface area contributed by atoms with Gasteiger partial charge in [-0.05, 0) is 55.7 Å². The molecule has 2 aromatic rings. The molecular formula is C20H24N2O3. The maximum absolute atomic E-state index is 12.1. The zero-order valence-electron chi connectivity index (χ0n) is 14.8. The molecule has 0 saturated carbocycles. The van der Waals surface area contributed by atoms with Gasteiger partial charge in [-0.1, -0.05) is 31.2 Å². The zero-order valence-corrected chi connectivity index (χ0v) is 14.8. The van der Waals surface area contributed by atoms with Gasteiger partial charge in [0.15, 0.2) is 0 Å². The Labute approximate surface area is 148 Å². The van der Waals surface area contributed by atoms with Crippen molar-refractivity contribution in [2.24, 2.45) is 0 Å². The predicted molar refractivity (Wildman–Crippen MR) is 98.6 cm³/mol. The summed E-state index contributed by atoms with van der Waals surface area (Å²) < 4.78 is 5.34. The van der Waals surface area contributed by atoms with Crippen LogP contribution in [0.1, 0.15) is 37.9 Å². The molecule has 1 atom stereocenters. The van der Waals surface area contributed by atoms with Crippen molar-refractivity contribution in [3.8, 4) is 5.75 Å². The van der Waals surface area contributed by atoms with E-state index in [-0.39, 0.29) is 6.04 Å². The maximum Gasteiger partial charge on any atom is 0.313 e. The molecule has 132 valence electrons. The standard InChI is InChI=1S/C20H24N2O3/c1-4-15-6-8-16(9-7-15)14(3)21-19(23)20(24)22-17-10-12-18(13-11-17)25-5-2/h6-14H,4-5H2,1-3H3,(H,21,23)(H,22,24). The molecule has 0 aromatic heterocycles. The van der Waals surface area contributed by atoms with Gasteiger partial charge in [-0.2, -0.15) is 0 Å². The topological polar surface area (TPSA) is 67.4 Å². The van der Waals surface area contributed by atoms with Gasteiger partial charge >= 0.3 is 11.8 Å². The molecular weight excluding hydrogens is 316 g/mol. The Kier molecular flexibility index (Phi) is 6.57. The summed E-state index contributed by atoms with van der Waals surface area (Å²) in [6, 6.07) is 14.6. The molecule has 5 nitrogen and oxygen atoms in total. The predicted octanol–water partition coefficient (Wildman–Crippen LogP) is 3.46. The van der Waals surface area contributed by atoms with Gasteiger partial charge in [0.25, 0.3) is 0 Å². The Balaban J connectivity index is 1.91. The lowest BCUT2D eigenvalue weighted by Gasteiger charge is -2.14. The minimum Gasteiger partial charge on any atom is -0.494 e. The molecule has 1 unspecified atom stereocenters. The van der Waals surface area contributed by atoms with Crippen molar-refractivity contribution in [1.29, 1.82) is 0 Å². The first-order chi connectivity index (χ1) is 12.0. The third-order valence-electron chi connectivity index (χ3n) is 3.86. The Hall–Kier alpha value is -2.82. The lowest BCUT2D eigenvalue weighted by Crippen LogP contribution is -2.36. The van der Waals surface area contributed by atoms with Crippen molar-refractivity contribution in [2.45, 2.75) is 33.2 Å². The van der Waals surface area contributed by atoms with Crippen molar-refractivity contribution in [3.05, 3.63) is 59.7 Å². The fraction of sp³-hybridized carbons (Fsp3) is 0.300. The number of nitrogens with one attached hydrogen (secondary N) is 2. The van der Waals surface area contributed by atoms with E-state index in [1.807, 2.05) is 38.1 Å². The largest absolute Gasteiger partial charge is 0.494 e. The van der Waals surface area contributed by atoms with Crippen LogP contribution in [0.25, 0.3) is 0 Å². The van der Waals surface area contributed by atoms with E-state index in [1.54, 1.807) is 24.3 Å². The molecule has 0 aliphatic heterocycles. The Morgan fingerprint density at radius 3 is 2.16 bits per heavy atom. The second-order valence-electron chi connectivity index (χ2n) is 5.70. The molecule has 0 heterocycles. The molecule has 0 fully saturated rings. The van der Waals surface area contributed by atoms with E-state index in [2.05, 4.69) is 17.6 Å². The molecule has 2 rings (SSSR count). The molecule has 2 amide bonds. The van der Waals surface area contributed by atoms with Gasteiger partial charge in [0, 0.05) is 5.69 Å². The summed E-state index contributed by atoms with van der Waals surface area (Å²) in [7, 11) is 0. The highest BCUT2D eigenvalue weighted by molar-refractivity contribution is 6.39. The number of carbonyl (C=O) groups is 2. The van der Waals surface area contributed by atoms with Crippen molar-refractivity contribution in [2.75, 3.05) is 11.9 Å². The van der Waals surface area contributed by atoms with Crippen LogP contribution < -0.4 is 15.4 Å². The molecule has 0 aliphatic rings. The van der Waals surface area contributed by atoms with Crippen LogP contribution in [0.4, 0.5) is 5.69 Å². The number of rotatable bonds is 6.